The highest BCUT2D eigenvalue weighted by atomic mass is 127. The number of nitrogens with zero attached hydrogens (tertiary/aromatic N) is 2. The lowest BCUT2D eigenvalue weighted by Gasteiger charge is -2.01. The van der Waals surface area contributed by atoms with Crippen molar-refractivity contribution in [2.75, 3.05) is 0 Å². The quantitative estimate of drug-likeness (QED) is 0.588. The predicted octanol–water partition coefficient (Wildman–Crippen LogP) is 3.71. The van der Waals surface area contributed by atoms with Crippen molar-refractivity contribution in [1.82, 2.24) is 9.97 Å². The summed E-state index contributed by atoms with van der Waals surface area (Å²) in [6, 6.07) is 8.05. The fraction of sp³-hybridized carbons (Fsp3) is 0.0909. The highest BCUT2D eigenvalue weighted by Crippen LogP contribution is 2.20. The van der Waals surface area contributed by atoms with Gasteiger partial charge >= 0.3 is 0 Å². The molecule has 0 atom stereocenters. The summed E-state index contributed by atoms with van der Waals surface area (Å²) in [5.74, 6) is 0.667. The molecular weight excluding hydrogens is 322 g/mol. The third-order valence-corrected chi connectivity index (χ3v) is 3.41. The normalized spacial score (nSPS) is 10.3. The van der Waals surface area contributed by atoms with Crippen LogP contribution < -0.4 is 0 Å². The molecule has 0 amide bonds. The van der Waals surface area contributed by atoms with Gasteiger partial charge in [0.15, 0.2) is 5.82 Å². The Bertz CT molecular complexity index is 482. The molecule has 2 nitrogen and oxygen atoms in total. The number of hydrogen-bond donors (Lipinski definition) is 0. The van der Waals surface area contributed by atoms with E-state index >= 15 is 0 Å². The highest BCUT2D eigenvalue weighted by Gasteiger charge is 2.04. The van der Waals surface area contributed by atoms with Gasteiger partial charge in [-0.1, -0.05) is 41.4 Å². The smallest absolute Gasteiger partial charge is 0.160 e. The van der Waals surface area contributed by atoms with Crippen LogP contribution in [0.5, 0.6) is 0 Å². The molecule has 0 fully saturated rings. The van der Waals surface area contributed by atoms with Crippen molar-refractivity contribution in [3.05, 3.63) is 44.7 Å². The molecule has 0 aliphatic rings. The van der Waals surface area contributed by atoms with Gasteiger partial charge in [0.1, 0.15) is 5.15 Å². The average molecular weight is 331 g/mol. The van der Waals surface area contributed by atoms with Crippen molar-refractivity contribution in [2.45, 2.75) is 6.92 Å². The third kappa shape index (κ3) is 2.46. The summed E-state index contributed by atoms with van der Waals surface area (Å²) < 4.78 is 0.866. The summed E-state index contributed by atoms with van der Waals surface area (Å²) in [6.45, 7) is 2.05. The minimum absolute atomic E-state index is 0.501. The van der Waals surface area contributed by atoms with E-state index in [-0.39, 0.29) is 0 Å². The Morgan fingerprint density at radius 2 is 1.87 bits per heavy atom. The molecule has 1 aromatic carbocycles. The van der Waals surface area contributed by atoms with Crippen LogP contribution in [0.4, 0.5) is 0 Å². The van der Waals surface area contributed by atoms with Gasteiger partial charge < -0.3 is 0 Å². The van der Waals surface area contributed by atoms with Crippen LogP contribution in [-0.4, -0.2) is 9.97 Å². The second kappa shape index (κ2) is 4.45. The number of hydrogen-bond acceptors (Lipinski definition) is 2. The van der Waals surface area contributed by atoms with Gasteiger partial charge in [-0.2, -0.15) is 0 Å². The summed E-state index contributed by atoms with van der Waals surface area (Å²) in [6.07, 6.45) is 1.73. The van der Waals surface area contributed by atoms with Gasteiger partial charge in [-0.3, -0.25) is 0 Å². The van der Waals surface area contributed by atoms with Crippen molar-refractivity contribution >= 4 is 34.2 Å². The third-order valence-electron chi connectivity index (χ3n) is 2.01. The molecular formula is C11H8ClIN2. The first kappa shape index (κ1) is 10.8. The Labute approximate surface area is 107 Å². The van der Waals surface area contributed by atoms with Crippen molar-refractivity contribution in [3.63, 3.8) is 0 Å². The molecule has 2 aromatic rings. The van der Waals surface area contributed by atoms with Crippen molar-refractivity contribution in [2.24, 2.45) is 0 Å². The first-order chi connectivity index (χ1) is 7.16. The van der Waals surface area contributed by atoms with E-state index in [1.807, 2.05) is 31.2 Å². The fourth-order valence-electron chi connectivity index (χ4n) is 1.19. The van der Waals surface area contributed by atoms with Gasteiger partial charge in [0.25, 0.3) is 0 Å². The maximum atomic E-state index is 5.94. The topological polar surface area (TPSA) is 25.8 Å². The molecule has 76 valence electrons. The molecule has 0 bridgehead atoms. The Morgan fingerprint density at radius 1 is 1.20 bits per heavy atom. The molecule has 0 spiro atoms. The molecule has 0 N–H and O–H groups in total. The summed E-state index contributed by atoms with van der Waals surface area (Å²) >= 11 is 8.05. The molecule has 1 aromatic heterocycles. The predicted molar refractivity (Wildman–Crippen MR) is 69.9 cm³/mol. The Kier molecular flexibility index (Phi) is 3.21. The minimum Gasteiger partial charge on any atom is -0.235 e. The standard InChI is InChI=1S/C11H8ClIN2/c1-7-2-4-8(5-3-7)11-14-6-9(13)10(12)15-11/h2-6H,1H3. The molecule has 15 heavy (non-hydrogen) atoms. The first-order valence-corrected chi connectivity index (χ1v) is 5.87. The molecule has 4 heteroatoms. The Balaban J connectivity index is 2.45. The zero-order chi connectivity index (χ0) is 10.8. The lowest BCUT2D eigenvalue weighted by molar-refractivity contribution is 1.16. The lowest BCUT2D eigenvalue weighted by Crippen LogP contribution is -1.91. The number of aromatic nitrogens is 2. The van der Waals surface area contributed by atoms with Crippen molar-refractivity contribution in [3.8, 4) is 11.4 Å². The molecule has 0 unspecified atom stereocenters. The number of rotatable bonds is 1. The van der Waals surface area contributed by atoms with E-state index in [0.717, 1.165) is 9.13 Å². The number of halogens is 2. The first-order valence-electron chi connectivity index (χ1n) is 4.42. The number of aryl methyl sites for hydroxylation is 1. The van der Waals surface area contributed by atoms with E-state index in [4.69, 9.17) is 11.6 Å². The Morgan fingerprint density at radius 3 is 2.47 bits per heavy atom. The van der Waals surface area contributed by atoms with Crippen molar-refractivity contribution < 1.29 is 0 Å². The molecule has 0 saturated heterocycles. The molecule has 0 saturated carbocycles. The largest absolute Gasteiger partial charge is 0.235 e. The maximum absolute atomic E-state index is 5.94. The van der Waals surface area contributed by atoms with E-state index in [2.05, 4.69) is 32.6 Å². The molecule has 0 radical (unpaired) electrons. The number of benzene rings is 1. The minimum atomic E-state index is 0.501. The molecule has 1 heterocycles. The second-order valence-electron chi connectivity index (χ2n) is 3.20. The van der Waals surface area contributed by atoms with Gasteiger partial charge in [-0.25, -0.2) is 9.97 Å². The summed E-state index contributed by atoms with van der Waals surface area (Å²) in [5.41, 5.74) is 2.20. The monoisotopic (exact) mass is 330 g/mol. The molecule has 0 aliphatic heterocycles. The SMILES string of the molecule is Cc1ccc(-c2ncc(I)c(Cl)n2)cc1. The van der Waals surface area contributed by atoms with Gasteiger partial charge in [0, 0.05) is 11.8 Å². The van der Waals surface area contributed by atoms with E-state index < -0.39 is 0 Å². The van der Waals surface area contributed by atoms with Crippen LogP contribution in [0.2, 0.25) is 5.15 Å². The zero-order valence-corrected chi connectivity index (χ0v) is 11.0. The lowest BCUT2D eigenvalue weighted by atomic mass is 10.1. The molecule has 2 rings (SSSR count). The highest BCUT2D eigenvalue weighted by molar-refractivity contribution is 14.1. The second-order valence-corrected chi connectivity index (χ2v) is 4.72. The fourth-order valence-corrected chi connectivity index (χ4v) is 1.58. The van der Waals surface area contributed by atoms with Crippen LogP contribution in [0.15, 0.2) is 30.5 Å². The average Bonchev–Trinajstić information content (AvgIpc) is 2.23. The van der Waals surface area contributed by atoms with Crippen LogP contribution in [-0.2, 0) is 0 Å². The van der Waals surface area contributed by atoms with Crippen molar-refractivity contribution in [1.29, 1.82) is 0 Å². The van der Waals surface area contributed by atoms with Crippen LogP contribution in [0.3, 0.4) is 0 Å². The van der Waals surface area contributed by atoms with Crippen LogP contribution in [0.1, 0.15) is 5.56 Å². The summed E-state index contributed by atoms with van der Waals surface area (Å²) in [5, 5.41) is 0.501. The molecule has 0 aliphatic carbocycles. The summed E-state index contributed by atoms with van der Waals surface area (Å²) in [4.78, 5) is 8.46. The van der Waals surface area contributed by atoms with E-state index in [1.165, 1.54) is 5.56 Å². The van der Waals surface area contributed by atoms with E-state index in [0.29, 0.717) is 11.0 Å². The summed E-state index contributed by atoms with van der Waals surface area (Å²) in [7, 11) is 0. The van der Waals surface area contributed by atoms with Gasteiger partial charge in [-0.05, 0) is 29.5 Å². The van der Waals surface area contributed by atoms with Gasteiger partial charge in [0.05, 0.1) is 3.57 Å². The van der Waals surface area contributed by atoms with Crippen LogP contribution in [0, 0.1) is 10.5 Å². The van der Waals surface area contributed by atoms with E-state index in [1.54, 1.807) is 6.20 Å². The Hall–Kier alpha value is -0.680. The maximum Gasteiger partial charge on any atom is 0.160 e. The van der Waals surface area contributed by atoms with Gasteiger partial charge in [-0.15, -0.1) is 0 Å². The van der Waals surface area contributed by atoms with E-state index in [9.17, 15) is 0 Å². The zero-order valence-electron chi connectivity index (χ0n) is 8.04. The van der Waals surface area contributed by atoms with Crippen LogP contribution >= 0.6 is 34.2 Å². The van der Waals surface area contributed by atoms with Crippen LogP contribution in [0.25, 0.3) is 11.4 Å². The van der Waals surface area contributed by atoms with Gasteiger partial charge in [0.2, 0.25) is 0 Å².